The maximum absolute atomic E-state index is 6.05. The lowest BCUT2D eigenvalue weighted by atomic mass is 9.77. The highest BCUT2D eigenvalue weighted by molar-refractivity contribution is 6.32. The molecule has 4 nitrogen and oxygen atoms in total. The predicted octanol–water partition coefficient (Wildman–Crippen LogP) is 3.06. The third-order valence-electron chi connectivity index (χ3n) is 3.94. The molecule has 0 bridgehead atoms. The van der Waals surface area contributed by atoms with E-state index in [0.717, 1.165) is 31.4 Å². The Labute approximate surface area is 125 Å². The molecule has 3 N–H and O–H groups in total. The molecule has 0 amide bonds. The minimum Gasteiger partial charge on any atom is -0.495 e. The summed E-state index contributed by atoms with van der Waals surface area (Å²) in [6.07, 6.45) is 3.68. The summed E-state index contributed by atoms with van der Waals surface area (Å²) in [7, 11) is 1.62. The molecular weight excluding hydrogens is 276 g/mol. The van der Waals surface area contributed by atoms with Crippen LogP contribution >= 0.6 is 11.6 Å². The van der Waals surface area contributed by atoms with Crippen LogP contribution in [0.2, 0.25) is 5.02 Å². The monoisotopic (exact) mass is 298 g/mol. The maximum Gasteiger partial charge on any atom is 0.137 e. The van der Waals surface area contributed by atoms with E-state index in [4.69, 9.17) is 26.9 Å². The molecule has 0 heterocycles. The minimum absolute atomic E-state index is 0.119. The molecule has 0 radical (unpaired) electrons. The third kappa shape index (κ3) is 3.64. The van der Waals surface area contributed by atoms with E-state index in [1.54, 1.807) is 7.11 Å². The van der Waals surface area contributed by atoms with Gasteiger partial charge in [-0.15, -0.1) is 0 Å². The van der Waals surface area contributed by atoms with Crippen LogP contribution in [0.4, 0.5) is 0 Å². The fraction of sp³-hybridized carbons (Fsp3) is 0.600. The zero-order chi connectivity index (χ0) is 14.5. The Morgan fingerprint density at radius 1 is 1.45 bits per heavy atom. The number of hydrazine groups is 1. The normalized spacial score (nSPS) is 23.2. The Morgan fingerprint density at radius 2 is 2.20 bits per heavy atom. The number of halogens is 1. The van der Waals surface area contributed by atoms with E-state index in [1.807, 2.05) is 25.1 Å². The molecule has 2 rings (SSSR count). The van der Waals surface area contributed by atoms with Crippen molar-refractivity contribution in [3.63, 3.8) is 0 Å². The third-order valence-corrected chi connectivity index (χ3v) is 4.25. The lowest BCUT2D eigenvalue weighted by molar-refractivity contribution is -0.0291. The smallest absolute Gasteiger partial charge is 0.137 e. The van der Waals surface area contributed by atoms with Gasteiger partial charge < -0.3 is 9.47 Å². The summed E-state index contributed by atoms with van der Waals surface area (Å²) in [6.45, 7) is 2.84. The van der Waals surface area contributed by atoms with Crippen LogP contribution in [0.5, 0.6) is 5.75 Å². The van der Waals surface area contributed by atoms with E-state index in [0.29, 0.717) is 22.8 Å². The molecule has 0 aromatic heterocycles. The highest BCUT2D eigenvalue weighted by Crippen LogP contribution is 2.38. The van der Waals surface area contributed by atoms with E-state index < -0.39 is 0 Å². The number of benzene rings is 1. The first-order valence-corrected chi connectivity index (χ1v) is 7.46. The van der Waals surface area contributed by atoms with Gasteiger partial charge in [0.05, 0.1) is 18.2 Å². The highest BCUT2D eigenvalue weighted by Gasteiger charge is 2.31. The number of hydrogen-bond acceptors (Lipinski definition) is 4. The zero-order valence-electron chi connectivity index (χ0n) is 12.1. The van der Waals surface area contributed by atoms with Crippen molar-refractivity contribution >= 4 is 11.6 Å². The molecule has 1 atom stereocenters. The van der Waals surface area contributed by atoms with Crippen molar-refractivity contribution in [2.45, 2.75) is 38.3 Å². The minimum atomic E-state index is 0.119. The lowest BCUT2D eigenvalue weighted by Crippen LogP contribution is -2.36. The van der Waals surface area contributed by atoms with Gasteiger partial charge in [0.1, 0.15) is 5.75 Å². The van der Waals surface area contributed by atoms with Crippen molar-refractivity contribution in [2.24, 2.45) is 11.8 Å². The van der Waals surface area contributed by atoms with Crippen molar-refractivity contribution in [1.29, 1.82) is 0 Å². The molecule has 0 aliphatic heterocycles. The van der Waals surface area contributed by atoms with E-state index in [2.05, 4.69) is 5.43 Å². The second-order valence-corrected chi connectivity index (χ2v) is 5.67. The van der Waals surface area contributed by atoms with Gasteiger partial charge >= 0.3 is 0 Å². The number of hydrogen-bond donors (Lipinski definition) is 2. The second kappa shape index (κ2) is 7.27. The molecule has 1 aromatic rings. The summed E-state index contributed by atoms with van der Waals surface area (Å²) < 4.78 is 10.8. The van der Waals surface area contributed by atoms with Crippen LogP contribution in [0.15, 0.2) is 18.2 Å². The van der Waals surface area contributed by atoms with Crippen LogP contribution in [-0.2, 0) is 4.74 Å². The Balaban J connectivity index is 1.95. The first-order valence-electron chi connectivity index (χ1n) is 7.09. The van der Waals surface area contributed by atoms with Gasteiger partial charge in [-0.25, -0.2) is 0 Å². The largest absolute Gasteiger partial charge is 0.495 e. The van der Waals surface area contributed by atoms with Crippen molar-refractivity contribution in [1.82, 2.24) is 5.43 Å². The van der Waals surface area contributed by atoms with E-state index in [-0.39, 0.29) is 6.04 Å². The van der Waals surface area contributed by atoms with E-state index in [9.17, 15) is 0 Å². The van der Waals surface area contributed by atoms with Gasteiger partial charge in [0.15, 0.2) is 0 Å². The Morgan fingerprint density at radius 3 is 2.80 bits per heavy atom. The van der Waals surface area contributed by atoms with Gasteiger partial charge in [0, 0.05) is 12.6 Å². The number of ether oxygens (including phenoxy) is 2. The van der Waals surface area contributed by atoms with Gasteiger partial charge in [0.2, 0.25) is 0 Å². The summed E-state index contributed by atoms with van der Waals surface area (Å²) in [5.74, 6) is 7.05. The molecule has 20 heavy (non-hydrogen) atoms. The summed E-state index contributed by atoms with van der Waals surface area (Å²) in [5.41, 5.74) is 4.00. The van der Waals surface area contributed by atoms with Crippen LogP contribution in [0.25, 0.3) is 0 Å². The average Bonchev–Trinajstić information content (AvgIpc) is 2.42. The van der Waals surface area contributed by atoms with Crippen molar-refractivity contribution in [3.05, 3.63) is 28.8 Å². The summed E-state index contributed by atoms with van der Waals surface area (Å²) in [6, 6.07) is 5.91. The van der Waals surface area contributed by atoms with Gasteiger partial charge in [0.25, 0.3) is 0 Å². The molecule has 1 aliphatic carbocycles. The Bertz CT molecular complexity index is 436. The quantitative estimate of drug-likeness (QED) is 0.600. The molecule has 5 heteroatoms. The zero-order valence-corrected chi connectivity index (χ0v) is 12.8. The van der Waals surface area contributed by atoms with Crippen LogP contribution in [0, 0.1) is 5.92 Å². The van der Waals surface area contributed by atoms with Gasteiger partial charge in [-0.3, -0.25) is 11.3 Å². The van der Waals surface area contributed by atoms with Crippen LogP contribution in [-0.4, -0.2) is 19.8 Å². The topological polar surface area (TPSA) is 56.5 Å². The summed E-state index contributed by atoms with van der Waals surface area (Å²) >= 11 is 6.05. The van der Waals surface area contributed by atoms with Crippen molar-refractivity contribution in [3.8, 4) is 5.75 Å². The standard InChI is InChI=1S/C15H23ClN2O2/c1-3-20-12-6-10(7-12)8-14(18-17)11-4-5-13(16)15(9-11)19-2/h4-5,9-10,12,14,18H,3,6-8,17H2,1-2H3. The SMILES string of the molecule is CCOC1CC(CC(NN)c2ccc(Cl)c(OC)c2)C1. The van der Waals surface area contributed by atoms with Gasteiger partial charge in [-0.1, -0.05) is 17.7 Å². The first-order chi connectivity index (χ1) is 9.67. The molecule has 112 valence electrons. The fourth-order valence-corrected chi connectivity index (χ4v) is 2.96. The first kappa shape index (κ1) is 15.6. The van der Waals surface area contributed by atoms with Crippen LogP contribution < -0.4 is 16.0 Å². The highest BCUT2D eigenvalue weighted by atomic mass is 35.5. The fourth-order valence-electron chi connectivity index (χ4n) is 2.77. The summed E-state index contributed by atoms with van der Waals surface area (Å²) in [4.78, 5) is 0. The Kier molecular flexibility index (Phi) is 5.66. The molecule has 1 fully saturated rings. The summed E-state index contributed by atoms with van der Waals surface area (Å²) in [5, 5.41) is 0.618. The number of methoxy groups -OCH3 is 1. The van der Waals surface area contributed by atoms with Gasteiger partial charge in [-0.2, -0.15) is 0 Å². The van der Waals surface area contributed by atoms with E-state index >= 15 is 0 Å². The molecule has 1 aliphatic rings. The van der Waals surface area contributed by atoms with Crippen LogP contribution in [0.1, 0.15) is 37.8 Å². The number of nitrogens with one attached hydrogen (secondary N) is 1. The second-order valence-electron chi connectivity index (χ2n) is 5.26. The number of rotatable bonds is 7. The van der Waals surface area contributed by atoms with Gasteiger partial charge in [-0.05, 0) is 49.8 Å². The lowest BCUT2D eigenvalue weighted by Gasteiger charge is -2.37. The average molecular weight is 299 g/mol. The van der Waals surface area contributed by atoms with Crippen molar-refractivity contribution in [2.75, 3.05) is 13.7 Å². The number of nitrogens with two attached hydrogens (primary N) is 1. The molecule has 0 spiro atoms. The molecule has 0 saturated heterocycles. The Hall–Kier alpha value is -0.810. The molecular formula is C15H23ClN2O2. The molecule has 1 aromatic carbocycles. The van der Waals surface area contributed by atoms with Crippen molar-refractivity contribution < 1.29 is 9.47 Å². The molecule has 1 unspecified atom stereocenters. The van der Waals surface area contributed by atoms with E-state index in [1.165, 1.54) is 0 Å². The maximum atomic E-state index is 6.05. The molecule has 1 saturated carbocycles. The predicted molar refractivity (Wildman–Crippen MR) is 80.8 cm³/mol. The van der Waals surface area contributed by atoms with Crippen LogP contribution in [0.3, 0.4) is 0 Å².